The normalized spacial score (nSPS) is 23.8. The van der Waals surface area contributed by atoms with Crippen LogP contribution in [0.5, 0.6) is 0 Å². The van der Waals surface area contributed by atoms with E-state index in [2.05, 4.69) is 22.9 Å². The van der Waals surface area contributed by atoms with Gasteiger partial charge in [0.15, 0.2) is 0 Å². The molecule has 0 radical (unpaired) electrons. The highest BCUT2D eigenvalue weighted by Gasteiger charge is 2.26. The lowest BCUT2D eigenvalue weighted by Gasteiger charge is -2.28. The molecule has 5 nitrogen and oxygen atoms in total. The average molecular weight is 255 g/mol. The van der Waals surface area contributed by atoms with Crippen molar-refractivity contribution in [2.75, 3.05) is 19.6 Å². The first kappa shape index (κ1) is 15.0. The highest BCUT2D eigenvalue weighted by molar-refractivity contribution is 5.82. The Kier molecular flexibility index (Phi) is 6.12. The summed E-state index contributed by atoms with van der Waals surface area (Å²) >= 11 is 0. The van der Waals surface area contributed by atoms with E-state index in [4.69, 9.17) is 0 Å². The van der Waals surface area contributed by atoms with Gasteiger partial charge in [-0.05, 0) is 25.3 Å². The summed E-state index contributed by atoms with van der Waals surface area (Å²) in [6.07, 6.45) is 2.23. The van der Waals surface area contributed by atoms with Gasteiger partial charge in [0.1, 0.15) is 0 Å². The van der Waals surface area contributed by atoms with E-state index in [1.807, 2.05) is 13.8 Å². The predicted octanol–water partition coefficient (Wildman–Crippen LogP) is 0.263. The van der Waals surface area contributed by atoms with E-state index in [1.165, 1.54) is 0 Å². The SMILES string of the molecule is CC(C)C(=O)NCCNC(=O)C1NCCCC1C. The van der Waals surface area contributed by atoms with Crippen LogP contribution < -0.4 is 16.0 Å². The molecule has 0 saturated carbocycles. The summed E-state index contributed by atoms with van der Waals surface area (Å²) < 4.78 is 0. The summed E-state index contributed by atoms with van der Waals surface area (Å²) in [6, 6.07) is -0.0837. The van der Waals surface area contributed by atoms with Gasteiger partial charge in [-0.25, -0.2) is 0 Å². The van der Waals surface area contributed by atoms with Crippen LogP contribution in [0.3, 0.4) is 0 Å². The van der Waals surface area contributed by atoms with Crippen molar-refractivity contribution in [1.29, 1.82) is 0 Å². The van der Waals surface area contributed by atoms with E-state index in [1.54, 1.807) is 0 Å². The van der Waals surface area contributed by atoms with Gasteiger partial charge in [0.05, 0.1) is 6.04 Å². The number of carbonyl (C=O) groups is 2. The van der Waals surface area contributed by atoms with Crippen LogP contribution in [0, 0.1) is 11.8 Å². The van der Waals surface area contributed by atoms with Crippen LogP contribution in [-0.4, -0.2) is 37.5 Å². The monoisotopic (exact) mass is 255 g/mol. The Balaban J connectivity index is 2.18. The van der Waals surface area contributed by atoms with E-state index in [9.17, 15) is 9.59 Å². The van der Waals surface area contributed by atoms with Crippen molar-refractivity contribution >= 4 is 11.8 Å². The zero-order chi connectivity index (χ0) is 13.5. The van der Waals surface area contributed by atoms with Gasteiger partial charge >= 0.3 is 0 Å². The van der Waals surface area contributed by atoms with Gasteiger partial charge in [-0.15, -0.1) is 0 Å². The Bertz CT molecular complexity index is 292. The minimum Gasteiger partial charge on any atom is -0.354 e. The third-order valence-corrected chi connectivity index (χ3v) is 3.30. The van der Waals surface area contributed by atoms with Gasteiger partial charge in [0, 0.05) is 19.0 Å². The summed E-state index contributed by atoms with van der Waals surface area (Å²) in [4.78, 5) is 23.2. The lowest BCUT2D eigenvalue weighted by Crippen LogP contribution is -2.51. The number of piperidine rings is 1. The van der Waals surface area contributed by atoms with E-state index < -0.39 is 0 Å². The molecule has 104 valence electrons. The van der Waals surface area contributed by atoms with Crippen LogP contribution in [0.1, 0.15) is 33.6 Å². The summed E-state index contributed by atoms with van der Waals surface area (Å²) in [5.41, 5.74) is 0. The van der Waals surface area contributed by atoms with Crippen molar-refractivity contribution in [1.82, 2.24) is 16.0 Å². The Labute approximate surface area is 109 Å². The van der Waals surface area contributed by atoms with E-state index in [0.29, 0.717) is 19.0 Å². The third kappa shape index (κ3) is 4.64. The quantitative estimate of drug-likeness (QED) is 0.617. The molecule has 1 heterocycles. The van der Waals surface area contributed by atoms with Crippen molar-refractivity contribution in [2.45, 2.75) is 39.7 Å². The minimum atomic E-state index is -0.0837. The van der Waals surface area contributed by atoms with E-state index in [0.717, 1.165) is 19.4 Å². The molecule has 2 atom stereocenters. The maximum absolute atomic E-state index is 11.9. The highest BCUT2D eigenvalue weighted by atomic mass is 16.2. The molecular formula is C13H25N3O2. The molecule has 0 aromatic heterocycles. The lowest BCUT2D eigenvalue weighted by molar-refractivity contribution is -0.126. The molecule has 0 spiro atoms. The fraction of sp³-hybridized carbons (Fsp3) is 0.846. The molecule has 1 rings (SSSR count). The number of amides is 2. The summed E-state index contributed by atoms with van der Waals surface area (Å²) in [7, 11) is 0. The maximum Gasteiger partial charge on any atom is 0.237 e. The first-order valence-corrected chi connectivity index (χ1v) is 6.81. The van der Waals surface area contributed by atoms with Crippen molar-refractivity contribution in [3.05, 3.63) is 0 Å². The molecule has 1 fully saturated rings. The summed E-state index contributed by atoms with van der Waals surface area (Å²) in [6.45, 7) is 7.68. The standard InChI is InChI=1S/C13H25N3O2/c1-9(2)12(17)15-7-8-16-13(18)11-10(3)5-4-6-14-11/h9-11,14H,4-8H2,1-3H3,(H,15,17)(H,16,18). The van der Waals surface area contributed by atoms with Gasteiger partial charge in [-0.3, -0.25) is 9.59 Å². The summed E-state index contributed by atoms with van der Waals surface area (Å²) in [5.74, 6) is 0.430. The van der Waals surface area contributed by atoms with Gasteiger partial charge < -0.3 is 16.0 Å². The van der Waals surface area contributed by atoms with Crippen LogP contribution in [0.15, 0.2) is 0 Å². The lowest BCUT2D eigenvalue weighted by atomic mass is 9.92. The Morgan fingerprint density at radius 3 is 2.56 bits per heavy atom. The fourth-order valence-corrected chi connectivity index (χ4v) is 2.09. The smallest absolute Gasteiger partial charge is 0.237 e. The van der Waals surface area contributed by atoms with Gasteiger partial charge in [-0.2, -0.15) is 0 Å². The Morgan fingerprint density at radius 1 is 1.28 bits per heavy atom. The predicted molar refractivity (Wildman–Crippen MR) is 71.0 cm³/mol. The van der Waals surface area contributed by atoms with Crippen LogP contribution in [-0.2, 0) is 9.59 Å². The number of rotatable bonds is 5. The molecule has 0 aromatic carbocycles. The molecule has 0 bridgehead atoms. The Morgan fingerprint density at radius 2 is 1.94 bits per heavy atom. The van der Waals surface area contributed by atoms with Gasteiger partial charge in [-0.1, -0.05) is 20.8 Å². The average Bonchev–Trinajstić information content (AvgIpc) is 2.34. The van der Waals surface area contributed by atoms with Crippen LogP contribution in [0.4, 0.5) is 0 Å². The van der Waals surface area contributed by atoms with Gasteiger partial charge in [0.25, 0.3) is 0 Å². The molecule has 1 aliphatic rings. The molecule has 2 amide bonds. The van der Waals surface area contributed by atoms with Crippen molar-refractivity contribution in [3.8, 4) is 0 Å². The second-order valence-electron chi connectivity index (χ2n) is 5.29. The Hall–Kier alpha value is -1.10. The number of hydrogen-bond donors (Lipinski definition) is 3. The van der Waals surface area contributed by atoms with Crippen molar-refractivity contribution in [2.24, 2.45) is 11.8 Å². The van der Waals surface area contributed by atoms with E-state index in [-0.39, 0.29) is 23.8 Å². The largest absolute Gasteiger partial charge is 0.354 e. The molecule has 0 aliphatic carbocycles. The summed E-state index contributed by atoms with van der Waals surface area (Å²) in [5, 5.41) is 8.88. The highest BCUT2D eigenvalue weighted by Crippen LogP contribution is 2.15. The topological polar surface area (TPSA) is 70.2 Å². The molecule has 0 aromatic rings. The molecular weight excluding hydrogens is 230 g/mol. The third-order valence-electron chi connectivity index (χ3n) is 3.30. The minimum absolute atomic E-state index is 0.0132. The molecule has 3 N–H and O–H groups in total. The molecule has 18 heavy (non-hydrogen) atoms. The second kappa shape index (κ2) is 7.36. The maximum atomic E-state index is 11.9. The first-order chi connectivity index (χ1) is 8.52. The molecule has 1 saturated heterocycles. The molecule has 2 unspecified atom stereocenters. The number of hydrogen-bond acceptors (Lipinski definition) is 3. The van der Waals surface area contributed by atoms with E-state index >= 15 is 0 Å². The van der Waals surface area contributed by atoms with Crippen molar-refractivity contribution < 1.29 is 9.59 Å². The fourth-order valence-electron chi connectivity index (χ4n) is 2.09. The zero-order valence-corrected chi connectivity index (χ0v) is 11.6. The molecule has 1 aliphatic heterocycles. The van der Waals surface area contributed by atoms with Gasteiger partial charge in [0.2, 0.25) is 11.8 Å². The second-order valence-corrected chi connectivity index (χ2v) is 5.29. The van der Waals surface area contributed by atoms with Crippen molar-refractivity contribution in [3.63, 3.8) is 0 Å². The zero-order valence-electron chi connectivity index (χ0n) is 11.6. The van der Waals surface area contributed by atoms with Crippen LogP contribution in [0.2, 0.25) is 0 Å². The first-order valence-electron chi connectivity index (χ1n) is 6.81. The number of carbonyl (C=O) groups excluding carboxylic acids is 2. The number of nitrogens with one attached hydrogen (secondary N) is 3. The van der Waals surface area contributed by atoms with Crippen LogP contribution >= 0.6 is 0 Å². The molecule has 5 heteroatoms. The van der Waals surface area contributed by atoms with Crippen LogP contribution in [0.25, 0.3) is 0 Å².